The van der Waals surface area contributed by atoms with Gasteiger partial charge in [-0.2, -0.15) is 0 Å². The van der Waals surface area contributed by atoms with Crippen LogP contribution in [0.2, 0.25) is 5.02 Å². The molecule has 0 fully saturated rings. The van der Waals surface area contributed by atoms with E-state index in [0.717, 1.165) is 6.26 Å². The standard InChI is InChI=1S/C12H18ClNO4S/c1-12(16,8-15)7-14-6-9-10(13)4-3-5-11(9)19(2,17)18/h3-5,14-16H,6-8H2,1-2H3. The second-order valence-electron chi connectivity index (χ2n) is 4.75. The second kappa shape index (κ2) is 6.19. The van der Waals surface area contributed by atoms with Crippen molar-refractivity contribution in [2.45, 2.75) is 24.0 Å². The smallest absolute Gasteiger partial charge is 0.175 e. The van der Waals surface area contributed by atoms with Gasteiger partial charge in [-0.3, -0.25) is 0 Å². The van der Waals surface area contributed by atoms with Crippen molar-refractivity contribution in [3.63, 3.8) is 0 Å². The summed E-state index contributed by atoms with van der Waals surface area (Å²) in [6, 6.07) is 4.67. The van der Waals surface area contributed by atoms with Gasteiger partial charge in [-0.25, -0.2) is 8.42 Å². The Morgan fingerprint density at radius 2 is 2.05 bits per heavy atom. The molecule has 1 unspecified atom stereocenters. The quantitative estimate of drug-likeness (QED) is 0.715. The van der Waals surface area contributed by atoms with Crippen LogP contribution < -0.4 is 5.32 Å². The van der Waals surface area contributed by atoms with E-state index in [1.807, 2.05) is 0 Å². The van der Waals surface area contributed by atoms with Gasteiger partial charge in [0.25, 0.3) is 0 Å². The van der Waals surface area contributed by atoms with Crippen LogP contribution in [0.5, 0.6) is 0 Å². The van der Waals surface area contributed by atoms with E-state index in [9.17, 15) is 13.5 Å². The summed E-state index contributed by atoms with van der Waals surface area (Å²) in [5.41, 5.74) is -0.799. The average Bonchev–Trinajstić information content (AvgIpc) is 2.29. The third-order valence-electron chi connectivity index (χ3n) is 2.62. The molecule has 0 aliphatic heterocycles. The van der Waals surface area contributed by atoms with Gasteiger partial charge < -0.3 is 15.5 Å². The monoisotopic (exact) mass is 307 g/mol. The van der Waals surface area contributed by atoms with Gasteiger partial charge in [-0.1, -0.05) is 17.7 Å². The van der Waals surface area contributed by atoms with E-state index in [2.05, 4.69) is 5.32 Å². The van der Waals surface area contributed by atoms with Crippen LogP contribution >= 0.6 is 11.6 Å². The van der Waals surface area contributed by atoms with Gasteiger partial charge in [-0.15, -0.1) is 0 Å². The largest absolute Gasteiger partial charge is 0.393 e. The molecule has 0 aromatic heterocycles. The zero-order valence-corrected chi connectivity index (χ0v) is 12.4. The van der Waals surface area contributed by atoms with Gasteiger partial charge in [0.1, 0.15) is 0 Å². The van der Waals surface area contributed by atoms with E-state index < -0.39 is 15.4 Å². The highest BCUT2D eigenvalue weighted by Gasteiger charge is 2.20. The lowest BCUT2D eigenvalue weighted by Crippen LogP contribution is -2.40. The molecule has 7 heteroatoms. The summed E-state index contributed by atoms with van der Waals surface area (Å²) >= 11 is 6.00. The Bertz CT molecular complexity index is 543. The molecule has 0 bridgehead atoms. The number of sulfone groups is 1. The molecule has 0 heterocycles. The van der Waals surface area contributed by atoms with Crippen LogP contribution in [0.25, 0.3) is 0 Å². The first-order valence-corrected chi connectivity index (χ1v) is 7.96. The SMILES string of the molecule is CC(O)(CO)CNCc1c(Cl)cccc1S(C)(=O)=O. The lowest BCUT2D eigenvalue weighted by molar-refractivity contribution is 0.00251. The number of aliphatic hydroxyl groups is 2. The minimum Gasteiger partial charge on any atom is -0.393 e. The molecule has 0 saturated heterocycles. The summed E-state index contributed by atoms with van der Waals surface area (Å²) in [6.07, 6.45) is 1.12. The molecule has 1 atom stereocenters. The zero-order valence-electron chi connectivity index (χ0n) is 10.9. The second-order valence-corrected chi connectivity index (χ2v) is 7.14. The summed E-state index contributed by atoms with van der Waals surface area (Å²) in [5, 5.41) is 21.8. The maximum absolute atomic E-state index is 11.6. The molecule has 3 N–H and O–H groups in total. The van der Waals surface area contributed by atoms with Crippen LogP contribution in [0.1, 0.15) is 12.5 Å². The van der Waals surface area contributed by atoms with Gasteiger partial charge in [0, 0.05) is 29.9 Å². The molecule has 0 spiro atoms. The van der Waals surface area contributed by atoms with Gasteiger partial charge in [0.05, 0.1) is 17.1 Å². The summed E-state index contributed by atoms with van der Waals surface area (Å²) in [5.74, 6) is 0. The normalized spacial score (nSPS) is 15.2. The first-order chi connectivity index (χ1) is 8.67. The third-order valence-corrected chi connectivity index (χ3v) is 4.16. The molecule has 1 aromatic rings. The number of halogens is 1. The van der Waals surface area contributed by atoms with Crippen LogP contribution in [0, 0.1) is 0 Å². The highest BCUT2D eigenvalue weighted by atomic mass is 35.5. The van der Waals surface area contributed by atoms with E-state index in [-0.39, 0.29) is 24.6 Å². The molecule has 19 heavy (non-hydrogen) atoms. The third kappa shape index (κ3) is 4.74. The topological polar surface area (TPSA) is 86.6 Å². The molecule has 0 aliphatic rings. The van der Waals surface area contributed by atoms with Gasteiger partial charge in [0.2, 0.25) is 0 Å². The van der Waals surface area contributed by atoms with Crippen molar-refractivity contribution in [1.82, 2.24) is 5.32 Å². The Hall–Kier alpha value is -0.660. The lowest BCUT2D eigenvalue weighted by atomic mass is 10.1. The molecule has 108 valence electrons. The van der Waals surface area contributed by atoms with Gasteiger partial charge in [0.15, 0.2) is 9.84 Å². The van der Waals surface area contributed by atoms with E-state index >= 15 is 0 Å². The van der Waals surface area contributed by atoms with Crippen LogP contribution in [0.3, 0.4) is 0 Å². The first-order valence-electron chi connectivity index (χ1n) is 5.69. The Kier molecular flexibility index (Phi) is 5.34. The highest BCUT2D eigenvalue weighted by Crippen LogP contribution is 2.23. The van der Waals surface area contributed by atoms with Crippen LogP contribution in [0.4, 0.5) is 0 Å². The van der Waals surface area contributed by atoms with Crippen LogP contribution in [-0.4, -0.2) is 43.6 Å². The van der Waals surface area contributed by atoms with Crippen molar-refractivity contribution in [1.29, 1.82) is 0 Å². The Labute approximate surface area is 118 Å². The molecule has 0 amide bonds. The predicted molar refractivity (Wildman–Crippen MR) is 74.0 cm³/mol. The molecular weight excluding hydrogens is 290 g/mol. The number of benzene rings is 1. The molecule has 0 radical (unpaired) electrons. The Morgan fingerprint density at radius 3 is 2.58 bits per heavy atom. The van der Waals surface area contributed by atoms with Crippen molar-refractivity contribution < 1.29 is 18.6 Å². The summed E-state index contributed by atoms with van der Waals surface area (Å²) < 4.78 is 23.3. The first kappa shape index (κ1) is 16.4. The number of nitrogens with one attached hydrogen (secondary N) is 1. The van der Waals surface area contributed by atoms with E-state index in [0.29, 0.717) is 10.6 Å². The van der Waals surface area contributed by atoms with Crippen molar-refractivity contribution in [3.05, 3.63) is 28.8 Å². The molecule has 1 rings (SSSR count). The summed E-state index contributed by atoms with van der Waals surface area (Å²) in [6.45, 7) is 1.40. The van der Waals surface area contributed by atoms with Crippen molar-refractivity contribution in [3.8, 4) is 0 Å². The molecule has 1 aromatic carbocycles. The van der Waals surface area contributed by atoms with Crippen molar-refractivity contribution in [2.75, 3.05) is 19.4 Å². The van der Waals surface area contributed by atoms with Crippen LogP contribution in [-0.2, 0) is 16.4 Å². The van der Waals surface area contributed by atoms with Gasteiger partial charge >= 0.3 is 0 Å². The Balaban J connectivity index is 2.90. The van der Waals surface area contributed by atoms with Crippen LogP contribution in [0.15, 0.2) is 23.1 Å². The van der Waals surface area contributed by atoms with E-state index in [4.69, 9.17) is 16.7 Å². The average molecular weight is 308 g/mol. The molecule has 5 nitrogen and oxygen atoms in total. The molecule has 0 aliphatic carbocycles. The van der Waals surface area contributed by atoms with E-state index in [1.165, 1.54) is 13.0 Å². The highest BCUT2D eigenvalue weighted by molar-refractivity contribution is 7.90. The Morgan fingerprint density at radius 1 is 1.42 bits per heavy atom. The number of hydrogen-bond donors (Lipinski definition) is 3. The number of hydrogen-bond acceptors (Lipinski definition) is 5. The van der Waals surface area contributed by atoms with Crippen molar-refractivity contribution >= 4 is 21.4 Å². The zero-order chi connectivity index (χ0) is 14.7. The van der Waals surface area contributed by atoms with Crippen molar-refractivity contribution in [2.24, 2.45) is 0 Å². The fourth-order valence-electron chi connectivity index (χ4n) is 1.57. The molecule has 0 saturated carbocycles. The predicted octanol–water partition coefficient (Wildman–Crippen LogP) is 0.576. The number of rotatable bonds is 6. The van der Waals surface area contributed by atoms with Gasteiger partial charge in [-0.05, 0) is 19.1 Å². The fourth-order valence-corrected chi connectivity index (χ4v) is 2.82. The fraction of sp³-hybridized carbons (Fsp3) is 0.500. The lowest BCUT2D eigenvalue weighted by Gasteiger charge is -2.21. The number of aliphatic hydroxyl groups excluding tert-OH is 1. The molecular formula is C12H18ClNO4S. The minimum absolute atomic E-state index is 0.123. The summed E-state index contributed by atoms with van der Waals surface area (Å²) in [7, 11) is -3.36. The van der Waals surface area contributed by atoms with E-state index in [1.54, 1.807) is 12.1 Å². The minimum atomic E-state index is -3.36. The summed E-state index contributed by atoms with van der Waals surface area (Å²) in [4.78, 5) is 0.163. The maximum atomic E-state index is 11.6. The maximum Gasteiger partial charge on any atom is 0.175 e.